The smallest absolute Gasteiger partial charge is 0.258 e. The van der Waals surface area contributed by atoms with E-state index >= 15 is 0 Å². The molecule has 8 heteroatoms. The molecule has 2 aromatic heterocycles. The molecule has 0 bridgehead atoms. The van der Waals surface area contributed by atoms with Crippen molar-refractivity contribution in [3.8, 4) is 5.95 Å². The van der Waals surface area contributed by atoms with Crippen LogP contribution in [0.25, 0.3) is 5.95 Å². The lowest BCUT2D eigenvalue weighted by atomic mass is 10.6. The van der Waals surface area contributed by atoms with Crippen molar-refractivity contribution in [3.05, 3.63) is 12.7 Å². The molecule has 1 aliphatic carbocycles. The van der Waals surface area contributed by atoms with Gasteiger partial charge in [0.05, 0.1) is 0 Å². The van der Waals surface area contributed by atoms with Crippen LogP contribution in [0.2, 0.25) is 0 Å². The SMILES string of the molecule is CCNc1nc(NC2CC2)nc(-n2cncn2)n1. The predicted molar refractivity (Wildman–Crippen MR) is 65.6 cm³/mol. The average Bonchev–Trinajstić information content (AvgIpc) is 3.00. The summed E-state index contributed by atoms with van der Waals surface area (Å²) in [5.41, 5.74) is 0. The van der Waals surface area contributed by atoms with Gasteiger partial charge in [-0.2, -0.15) is 24.7 Å². The summed E-state index contributed by atoms with van der Waals surface area (Å²) >= 11 is 0. The maximum Gasteiger partial charge on any atom is 0.258 e. The van der Waals surface area contributed by atoms with Crippen molar-refractivity contribution in [1.82, 2.24) is 29.7 Å². The molecule has 8 nitrogen and oxygen atoms in total. The molecule has 0 aromatic carbocycles. The number of hydrogen-bond donors (Lipinski definition) is 2. The maximum absolute atomic E-state index is 4.33. The highest BCUT2D eigenvalue weighted by Crippen LogP contribution is 2.23. The van der Waals surface area contributed by atoms with E-state index in [1.807, 2.05) is 6.92 Å². The van der Waals surface area contributed by atoms with E-state index in [9.17, 15) is 0 Å². The van der Waals surface area contributed by atoms with Crippen LogP contribution >= 0.6 is 0 Å². The molecule has 2 heterocycles. The van der Waals surface area contributed by atoms with Crippen molar-refractivity contribution < 1.29 is 0 Å². The largest absolute Gasteiger partial charge is 0.354 e. The highest BCUT2D eigenvalue weighted by atomic mass is 15.4. The minimum atomic E-state index is 0.460. The van der Waals surface area contributed by atoms with Crippen molar-refractivity contribution >= 4 is 11.9 Å². The van der Waals surface area contributed by atoms with E-state index in [2.05, 4.69) is 35.7 Å². The molecule has 94 valence electrons. The summed E-state index contributed by atoms with van der Waals surface area (Å²) in [4.78, 5) is 16.8. The van der Waals surface area contributed by atoms with Gasteiger partial charge in [-0.15, -0.1) is 0 Å². The number of anilines is 2. The Bertz CT molecular complexity index is 519. The lowest BCUT2D eigenvalue weighted by Crippen LogP contribution is -2.13. The Morgan fingerprint density at radius 3 is 2.78 bits per heavy atom. The number of hydrogen-bond acceptors (Lipinski definition) is 7. The van der Waals surface area contributed by atoms with Gasteiger partial charge in [-0.05, 0) is 19.8 Å². The first kappa shape index (κ1) is 10.9. The Hall–Kier alpha value is -2.25. The third-order valence-corrected chi connectivity index (χ3v) is 2.49. The van der Waals surface area contributed by atoms with E-state index in [1.54, 1.807) is 6.33 Å². The lowest BCUT2D eigenvalue weighted by molar-refractivity contribution is 0.793. The summed E-state index contributed by atoms with van der Waals surface area (Å²) in [6.45, 7) is 2.75. The van der Waals surface area contributed by atoms with Gasteiger partial charge in [-0.1, -0.05) is 0 Å². The molecule has 0 saturated heterocycles. The average molecular weight is 246 g/mol. The lowest BCUT2D eigenvalue weighted by Gasteiger charge is -2.08. The first-order chi connectivity index (χ1) is 8.85. The van der Waals surface area contributed by atoms with Crippen LogP contribution < -0.4 is 10.6 Å². The normalized spacial score (nSPS) is 14.5. The highest BCUT2D eigenvalue weighted by Gasteiger charge is 2.22. The molecule has 0 spiro atoms. The van der Waals surface area contributed by atoms with Crippen molar-refractivity contribution in [3.63, 3.8) is 0 Å². The van der Waals surface area contributed by atoms with Gasteiger partial charge in [0, 0.05) is 12.6 Å². The Kier molecular flexibility index (Phi) is 2.75. The van der Waals surface area contributed by atoms with Crippen LogP contribution in [0.5, 0.6) is 0 Å². The molecule has 2 N–H and O–H groups in total. The van der Waals surface area contributed by atoms with Crippen LogP contribution in [-0.2, 0) is 0 Å². The quantitative estimate of drug-likeness (QED) is 0.791. The Morgan fingerprint density at radius 2 is 2.11 bits per heavy atom. The number of nitrogens with zero attached hydrogens (tertiary/aromatic N) is 6. The number of nitrogens with one attached hydrogen (secondary N) is 2. The minimum absolute atomic E-state index is 0.460. The topological polar surface area (TPSA) is 93.4 Å². The molecule has 2 aromatic rings. The summed E-state index contributed by atoms with van der Waals surface area (Å²) in [5, 5.41) is 10.4. The van der Waals surface area contributed by atoms with Gasteiger partial charge in [0.25, 0.3) is 5.95 Å². The molecule has 0 amide bonds. The molecule has 1 fully saturated rings. The molecule has 0 atom stereocenters. The zero-order chi connectivity index (χ0) is 12.4. The second-order valence-electron chi connectivity index (χ2n) is 4.07. The van der Waals surface area contributed by atoms with Gasteiger partial charge in [-0.3, -0.25) is 0 Å². The number of rotatable bonds is 5. The maximum atomic E-state index is 4.33. The standard InChI is InChI=1S/C10H14N8/c1-2-12-8-15-9(14-7-3-4-7)17-10(16-8)18-6-11-5-13-18/h5-7H,2-4H2,1H3,(H2,12,14,15,16,17). The van der Waals surface area contributed by atoms with E-state index in [1.165, 1.54) is 23.9 Å². The Morgan fingerprint density at radius 1 is 1.28 bits per heavy atom. The summed E-state index contributed by atoms with van der Waals surface area (Å²) < 4.78 is 1.51. The molecule has 0 unspecified atom stereocenters. The van der Waals surface area contributed by atoms with Crippen LogP contribution in [0.4, 0.5) is 11.9 Å². The molecule has 3 rings (SSSR count). The molecule has 18 heavy (non-hydrogen) atoms. The summed E-state index contributed by atoms with van der Waals surface area (Å²) in [7, 11) is 0. The highest BCUT2D eigenvalue weighted by molar-refractivity contribution is 5.39. The van der Waals surface area contributed by atoms with Crippen LogP contribution in [0.15, 0.2) is 12.7 Å². The Balaban J connectivity index is 1.93. The van der Waals surface area contributed by atoms with E-state index in [-0.39, 0.29) is 0 Å². The second-order valence-corrected chi connectivity index (χ2v) is 4.07. The first-order valence-corrected chi connectivity index (χ1v) is 5.96. The van der Waals surface area contributed by atoms with Gasteiger partial charge in [0.2, 0.25) is 11.9 Å². The van der Waals surface area contributed by atoms with Gasteiger partial charge in [0.1, 0.15) is 12.7 Å². The van der Waals surface area contributed by atoms with E-state index in [4.69, 9.17) is 0 Å². The number of aromatic nitrogens is 6. The fourth-order valence-corrected chi connectivity index (χ4v) is 1.49. The second kappa shape index (κ2) is 4.55. The molecular formula is C10H14N8. The third-order valence-electron chi connectivity index (χ3n) is 2.49. The summed E-state index contributed by atoms with van der Waals surface area (Å²) in [5.74, 6) is 1.58. The van der Waals surface area contributed by atoms with E-state index < -0.39 is 0 Å². The molecule has 1 aliphatic rings. The molecule has 0 radical (unpaired) electrons. The summed E-state index contributed by atoms with van der Waals surface area (Å²) in [6.07, 6.45) is 5.35. The van der Waals surface area contributed by atoms with Crippen LogP contribution in [0.1, 0.15) is 19.8 Å². The van der Waals surface area contributed by atoms with Gasteiger partial charge < -0.3 is 10.6 Å². The van der Waals surface area contributed by atoms with Crippen molar-refractivity contribution in [2.75, 3.05) is 17.2 Å². The molecular weight excluding hydrogens is 232 g/mol. The zero-order valence-electron chi connectivity index (χ0n) is 10.0. The summed E-state index contributed by atoms with van der Waals surface area (Å²) in [6, 6.07) is 0.491. The monoisotopic (exact) mass is 246 g/mol. The zero-order valence-corrected chi connectivity index (χ0v) is 10.0. The van der Waals surface area contributed by atoms with Crippen LogP contribution in [0, 0.1) is 0 Å². The minimum Gasteiger partial charge on any atom is -0.354 e. The van der Waals surface area contributed by atoms with E-state index in [0.717, 1.165) is 6.54 Å². The molecule has 1 saturated carbocycles. The van der Waals surface area contributed by atoms with Gasteiger partial charge in [0.15, 0.2) is 0 Å². The van der Waals surface area contributed by atoms with Gasteiger partial charge in [-0.25, -0.2) is 4.98 Å². The fraction of sp³-hybridized carbons (Fsp3) is 0.500. The van der Waals surface area contributed by atoms with Crippen LogP contribution in [0.3, 0.4) is 0 Å². The van der Waals surface area contributed by atoms with Crippen molar-refractivity contribution in [2.24, 2.45) is 0 Å². The first-order valence-electron chi connectivity index (χ1n) is 5.96. The van der Waals surface area contributed by atoms with Gasteiger partial charge >= 0.3 is 0 Å². The van der Waals surface area contributed by atoms with Crippen molar-refractivity contribution in [1.29, 1.82) is 0 Å². The third kappa shape index (κ3) is 2.36. The van der Waals surface area contributed by atoms with Crippen LogP contribution in [-0.4, -0.2) is 42.3 Å². The fourth-order valence-electron chi connectivity index (χ4n) is 1.49. The van der Waals surface area contributed by atoms with E-state index in [0.29, 0.717) is 23.9 Å². The predicted octanol–water partition coefficient (Wildman–Crippen LogP) is 0.458. The molecule has 0 aliphatic heterocycles. The Labute approximate surface area is 104 Å². The van der Waals surface area contributed by atoms with Crippen molar-refractivity contribution in [2.45, 2.75) is 25.8 Å².